The van der Waals surface area contributed by atoms with Gasteiger partial charge in [0, 0.05) is 50.0 Å². The molecule has 2 saturated heterocycles. The van der Waals surface area contributed by atoms with Crippen LogP contribution in [0.4, 0.5) is 5.69 Å². The molecule has 170 valence electrons. The van der Waals surface area contributed by atoms with Gasteiger partial charge in [0.15, 0.2) is 0 Å². The number of rotatable bonds is 11. The number of aromatic nitrogens is 1. The molecule has 0 radical (unpaired) electrons. The fraction of sp³-hybridized carbons (Fsp3) is 0.625. The predicted octanol–water partition coefficient (Wildman–Crippen LogP) is 3.74. The molecule has 6 nitrogen and oxygen atoms in total. The molecule has 0 atom stereocenters. The molecule has 0 N–H and O–H groups in total. The van der Waals surface area contributed by atoms with Gasteiger partial charge in [0.2, 0.25) is 0 Å². The number of anilines is 1. The highest BCUT2D eigenvalue weighted by Gasteiger charge is 2.15. The van der Waals surface area contributed by atoms with Crippen molar-refractivity contribution in [2.45, 2.75) is 32.2 Å². The van der Waals surface area contributed by atoms with Gasteiger partial charge < -0.3 is 19.3 Å². The van der Waals surface area contributed by atoms with Gasteiger partial charge in [-0.1, -0.05) is 6.42 Å². The Bertz CT molecular complexity index is 729. The molecular formula is C24H36N4O2S. The highest BCUT2D eigenvalue weighted by molar-refractivity contribution is 7.09. The van der Waals surface area contributed by atoms with Gasteiger partial charge in [0.25, 0.3) is 0 Å². The van der Waals surface area contributed by atoms with Gasteiger partial charge in [-0.25, -0.2) is 4.98 Å². The maximum Gasteiger partial charge on any atom is 0.119 e. The van der Waals surface area contributed by atoms with Crippen LogP contribution >= 0.6 is 11.3 Å². The van der Waals surface area contributed by atoms with E-state index in [0.29, 0.717) is 0 Å². The molecule has 0 bridgehead atoms. The Morgan fingerprint density at radius 3 is 2.48 bits per heavy atom. The van der Waals surface area contributed by atoms with Crippen LogP contribution in [-0.2, 0) is 11.3 Å². The van der Waals surface area contributed by atoms with Crippen molar-refractivity contribution in [3.8, 4) is 5.75 Å². The molecule has 0 saturated carbocycles. The van der Waals surface area contributed by atoms with Crippen LogP contribution in [0.3, 0.4) is 0 Å². The Hall–Kier alpha value is -1.67. The van der Waals surface area contributed by atoms with Gasteiger partial charge in [-0.2, -0.15) is 0 Å². The normalized spacial score (nSPS) is 18.2. The summed E-state index contributed by atoms with van der Waals surface area (Å²) in [5.41, 5.74) is 1.23. The number of piperidine rings is 1. The topological polar surface area (TPSA) is 41.1 Å². The molecule has 7 heteroatoms. The first-order chi connectivity index (χ1) is 15.4. The first-order valence-corrected chi connectivity index (χ1v) is 12.6. The summed E-state index contributed by atoms with van der Waals surface area (Å²) in [6.45, 7) is 11.1. The van der Waals surface area contributed by atoms with Crippen LogP contribution < -0.4 is 9.64 Å². The highest BCUT2D eigenvalue weighted by atomic mass is 32.1. The van der Waals surface area contributed by atoms with Crippen molar-refractivity contribution >= 4 is 17.0 Å². The molecule has 1 aromatic carbocycles. The summed E-state index contributed by atoms with van der Waals surface area (Å²) in [5, 5.41) is 3.20. The van der Waals surface area contributed by atoms with E-state index in [2.05, 4.69) is 49.3 Å². The quantitative estimate of drug-likeness (QED) is 0.492. The van der Waals surface area contributed by atoms with Crippen molar-refractivity contribution in [1.29, 1.82) is 0 Å². The molecule has 2 aromatic rings. The molecule has 1 aromatic heterocycles. The molecule has 2 fully saturated rings. The Kier molecular flexibility index (Phi) is 9.00. The molecule has 31 heavy (non-hydrogen) atoms. The van der Waals surface area contributed by atoms with Crippen LogP contribution in [0.2, 0.25) is 0 Å². The van der Waals surface area contributed by atoms with Crippen molar-refractivity contribution in [3.63, 3.8) is 0 Å². The van der Waals surface area contributed by atoms with Gasteiger partial charge in [0.05, 0.1) is 26.4 Å². The van der Waals surface area contributed by atoms with Crippen molar-refractivity contribution in [2.24, 2.45) is 0 Å². The van der Waals surface area contributed by atoms with E-state index in [1.165, 1.54) is 38.0 Å². The number of hydrogen-bond donors (Lipinski definition) is 0. The summed E-state index contributed by atoms with van der Waals surface area (Å²) in [6, 6.07) is 8.60. The molecule has 3 heterocycles. The minimum Gasteiger partial charge on any atom is -0.494 e. The third kappa shape index (κ3) is 7.45. The second kappa shape index (κ2) is 12.4. The van der Waals surface area contributed by atoms with Crippen LogP contribution in [0.5, 0.6) is 5.75 Å². The van der Waals surface area contributed by atoms with Crippen molar-refractivity contribution < 1.29 is 9.47 Å². The fourth-order valence-corrected chi connectivity index (χ4v) is 4.93. The number of benzene rings is 1. The van der Waals surface area contributed by atoms with Crippen LogP contribution in [0.1, 0.15) is 30.7 Å². The zero-order valence-electron chi connectivity index (χ0n) is 18.6. The zero-order valence-corrected chi connectivity index (χ0v) is 19.4. The number of morpholine rings is 1. The van der Waals surface area contributed by atoms with E-state index in [1.54, 1.807) is 11.3 Å². The average molecular weight is 445 g/mol. The van der Waals surface area contributed by atoms with Gasteiger partial charge in [-0.3, -0.25) is 4.90 Å². The monoisotopic (exact) mass is 444 g/mol. The van der Waals surface area contributed by atoms with E-state index in [9.17, 15) is 0 Å². The molecule has 2 aliphatic rings. The first kappa shape index (κ1) is 22.5. The fourth-order valence-electron chi connectivity index (χ4n) is 4.30. The number of hydrogen-bond acceptors (Lipinski definition) is 7. The predicted molar refractivity (Wildman–Crippen MR) is 127 cm³/mol. The van der Waals surface area contributed by atoms with Crippen molar-refractivity contribution in [1.82, 2.24) is 14.8 Å². The standard InChI is InChI=1S/C24H36N4O2S/c1-2-10-26(11-3-1)12-4-17-30-23-7-5-22(6-8-23)28(21-24-25-9-20-31-24)14-13-27-15-18-29-19-16-27/h5-9,20H,1-4,10-19,21H2. The van der Waals surface area contributed by atoms with E-state index in [-0.39, 0.29) is 0 Å². The van der Waals surface area contributed by atoms with Gasteiger partial charge in [0.1, 0.15) is 10.8 Å². The van der Waals surface area contributed by atoms with E-state index >= 15 is 0 Å². The lowest BCUT2D eigenvalue weighted by Gasteiger charge is -2.31. The minimum atomic E-state index is 0.787. The van der Waals surface area contributed by atoms with E-state index < -0.39 is 0 Å². The lowest BCUT2D eigenvalue weighted by atomic mass is 10.1. The van der Waals surface area contributed by atoms with Crippen LogP contribution in [0, 0.1) is 0 Å². The molecule has 0 unspecified atom stereocenters. The Labute approximate surface area is 190 Å². The highest BCUT2D eigenvalue weighted by Crippen LogP contribution is 2.22. The Morgan fingerprint density at radius 2 is 1.74 bits per heavy atom. The molecule has 0 aliphatic carbocycles. The third-order valence-corrected chi connectivity index (χ3v) is 6.90. The van der Waals surface area contributed by atoms with Crippen LogP contribution in [0.25, 0.3) is 0 Å². The summed E-state index contributed by atoms with van der Waals surface area (Å²) >= 11 is 1.72. The lowest BCUT2D eigenvalue weighted by molar-refractivity contribution is 0.0391. The molecular weight excluding hydrogens is 408 g/mol. The number of likely N-dealkylation sites (tertiary alicyclic amines) is 1. The van der Waals surface area contributed by atoms with Crippen molar-refractivity contribution in [3.05, 3.63) is 40.8 Å². The third-order valence-electron chi connectivity index (χ3n) is 6.14. The molecule has 0 amide bonds. The van der Waals surface area contributed by atoms with Gasteiger partial charge >= 0.3 is 0 Å². The largest absolute Gasteiger partial charge is 0.494 e. The smallest absolute Gasteiger partial charge is 0.119 e. The number of nitrogens with zero attached hydrogens (tertiary/aromatic N) is 4. The van der Waals surface area contributed by atoms with Crippen LogP contribution in [0.15, 0.2) is 35.8 Å². The summed E-state index contributed by atoms with van der Waals surface area (Å²) in [4.78, 5) is 12.0. The lowest BCUT2D eigenvalue weighted by Crippen LogP contribution is -2.41. The van der Waals surface area contributed by atoms with E-state index in [0.717, 1.165) is 76.3 Å². The Balaban J connectivity index is 1.27. The van der Waals surface area contributed by atoms with E-state index in [1.807, 2.05) is 6.20 Å². The average Bonchev–Trinajstić information content (AvgIpc) is 3.35. The minimum absolute atomic E-state index is 0.787. The first-order valence-electron chi connectivity index (χ1n) is 11.8. The zero-order chi connectivity index (χ0) is 21.1. The summed E-state index contributed by atoms with van der Waals surface area (Å²) in [6.07, 6.45) is 7.08. The van der Waals surface area contributed by atoms with Crippen molar-refractivity contribution in [2.75, 3.05) is 70.5 Å². The maximum atomic E-state index is 6.02. The molecule has 4 rings (SSSR count). The van der Waals surface area contributed by atoms with Gasteiger partial charge in [-0.15, -0.1) is 11.3 Å². The molecule has 0 spiro atoms. The number of ether oxygens (including phenoxy) is 2. The summed E-state index contributed by atoms with van der Waals surface area (Å²) in [7, 11) is 0. The van der Waals surface area contributed by atoms with Crippen LogP contribution in [-0.4, -0.2) is 80.4 Å². The SMILES string of the molecule is c1csc(CN(CCN2CCOCC2)c2ccc(OCCCN3CCCCC3)cc2)n1. The van der Waals surface area contributed by atoms with Gasteiger partial charge in [-0.05, 0) is 56.6 Å². The van der Waals surface area contributed by atoms with E-state index in [4.69, 9.17) is 9.47 Å². The maximum absolute atomic E-state index is 6.02. The summed E-state index contributed by atoms with van der Waals surface area (Å²) in [5.74, 6) is 0.963. The second-order valence-electron chi connectivity index (χ2n) is 8.40. The summed E-state index contributed by atoms with van der Waals surface area (Å²) < 4.78 is 11.5. The number of thiazole rings is 1. The Morgan fingerprint density at radius 1 is 0.968 bits per heavy atom. The second-order valence-corrected chi connectivity index (χ2v) is 9.38. The molecule has 2 aliphatic heterocycles.